The predicted molar refractivity (Wildman–Crippen MR) is 71.8 cm³/mol. The summed E-state index contributed by atoms with van der Waals surface area (Å²) in [7, 11) is 1.52. The number of nitrogens with one attached hydrogen (secondary N) is 2. The van der Waals surface area contributed by atoms with Crippen LogP contribution in [0.15, 0.2) is 0 Å². The fraction of sp³-hybridized carbons (Fsp3) is 0.667. The van der Waals surface area contributed by atoms with Crippen LogP contribution in [0.4, 0.5) is 5.69 Å². The fourth-order valence-electron chi connectivity index (χ4n) is 1.71. The van der Waals surface area contributed by atoms with E-state index in [4.69, 9.17) is 10.5 Å². The Morgan fingerprint density at radius 2 is 2.37 bits per heavy atom. The zero-order valence-electron chi connectivity index (χ0n) is 11.4. The number of carbonyl (C=O) groups excluding carboxylic acids is 1. The van der Waals surface area contributed by atoms with E-state index in [9.17, 15) is 9.90 Å². The molecule has 0 aromatic carbocycles. The third kappa shape index (κ3) is 4.53. The van der Waals surface area contributed by atoms with Crippen LogP contribution in [0, 0.1) is 0 Å². The van der Waals surface area contributed by atoms with E-state index in [-0.39, 0.29) is 18.2 Å². The number of H-pyrrole nitrogens is 1. The van der Waals surface area contributed by atoms with Crippen LogP contribution in [-0.2, 0) is 11.2 Å². The second-order valence-corrected chi connectivity index (χ2v) is 4.37. The molecule has 0 saturated heterocycles. The van der Waals surface area contributed by atoms with Gasteiger partial charge in [0.25, 0.3) is 5.91 Å². The van der Waals surface area contributed by atoms with Crippen LogP contribution in [0.3, 0.4) is 0 Å². The van der Waals surface area contributed by atoms with Gasteiger partial charge in [-0.15, -0.1) is 0 Å². The van der Waals surface area contributed by atoms with Crippen molar-refractivity contribution in [2.24, 2.45) is 0 Å². The monoisotopic (exact) mass is 270 g/mol. The number of nitrogens with two attached hydrogens (primary N) is 1. The molecule has 108 valence electrons. The van der Waals surface area contributed by atoms with Crippen molar-refractivity contribution >= 4 is 11.6 Å². The van der Waals surface area contributed by atoms with Gasteiger partial charge in [-0.2, -0.15) is 5.10 Å². The molecule has 0 aliphatic heterocycles. The summed E-state index contributed by atoms with van der Waals surface area (Å²) >= 11 is 0. The summed E-state index contributed by atoms with van der Waals surface area (Å²) in [5.74, 6) is -0.333. The second kappa shape index (κ2) is 7.75. The average molecular weight is 270 g/mol. The zero-order valence-corrected chi connectivity index (χ0v) is 11.4. The van der Waals surface area contributed by atoms with Crippen molar-refractivity contribution in [2.75, 3.05) is 26.0 Å². The predicted octanol–water partition coefficient (Wildman–Crippen LogP) is 0.0716. The van der Waals surface area contributed by atoms with Crippen LogP contribution in [0.1, 0.15) is 35.9 Å². The lowest BCUT2D eigenvalue weighted by Crippen LogP contribution is -2.29. The highest BCUT2D eigenvalue weighted by atomic mass is 16.5. The number of aryl methyl sites for hydroxylation is 1. The Balaban J connectivity index is 2.45. The van der Waals surface area contributed by atoms with Crippen LogP contribution in [0.25, 0.3) is 0 Å². The SMILES string of the molecule is CCCc1[nH]nc(C(=O)NCCC(O)COC)c1N. The number of hydrogen-bond acceptors (Lipinski definition) is 5. The minimum atomic E-state index is -0.586. The summed E-state index contributed by atoms with van der Waals surface area (Å²) < 4.78 is 4.80. The van der Waals surface area contributed by atoms with Crippen molar-refractivity contribution in [1.82, 2.24) is 15.5 Å². The number of aliphatic hydroxyl groups excluding tert-OH is 1. The summed E-state index contributed by atoms with van der Waals surface area (Å²) in [6, 6.07) is 0. The maximum Gasteiger partial charge on any atom is 0.273 e. The van der Waals surface area contributed by atoms with E-state index in [0.717, 1.165) is 18.5 Å². The summed E-state index contributed by atoms with van der Waals surface area (Å²) in [6.07, 6.45) is 1.53. The molecule has 1 rings (SSSR count). The van der Waals surface area contributed by atoms with Gasteiger partial charge >= 0.3 is 0 Å². The highest BCUT2D eigenvalue weighted by Crippen LogP contribution is 2.15. The quantitative estimate of drug-likeness (QED) is 0.534. The van der Waals surface area contributed by atoms with Gasteiger partial charge in [0.1, 0.15) is 0 Å². The standard InChI is InChI=1S/C12H22N4O3/c1-3-4-9-10(13)11(16-15-9)12(18)14-6-5-8(17)7-19-2/h8,17H,3-7,13H2,1-2H3,(H,14,18)(H,15,16). The number of amides is 1. The molecular formula is C12H22N4O3. The molecule has 0 radical (unpaired) electrons. The number of hydrogen-bond donors (Lipinski definition) is 4. The van der Waals surface area contributed by atoms with Gasteiger partial charge < -0.3 is 20.9 Å². The molecule has 0 aliphatic carbocycles. The fourth-order valence-corrected chi connectivity index (χ4v) is 1.71. The average Bonchev–Trinajstić information content (AvgIpc) is 2.72. The molecule has 0 spiro atoms. The summed E-state index contributed by atoms with van der Waals surface area (Å²) in [6.45, 7) is 2.62. The van der Waals surface area contributed by atoms with Crippen molar-refractivity contribution in [1.29, 1.82) is 0 Å². The number of methoxy groups -OCH3 is 1. The molecule has 1 aromatic rings. The van der Waals surface area contributed by atoms with Gasteiger partial charge in [0.15, 0.2) is 5.69 Å². The van der Waals surface area contributed by atoms with Crippen molar-refractivity contribution in [3.8, 4) is 0 Å². The number of ether oxygens (including phenoxy) is 1. The molecule has 7 heteroatoms. The van der Waals surface area contributed by atoms with Gasteiger partial charge in [0, 0.05) is 13.7 Å². The molecule has 1 amide bonds. The summed E-state index contributed by atoms with van der Waals surface area (Å²) in [4.78, 5) is 11.8. The first-order chi connectivity index (χ1) is 9.10. The first-order valence-corrected chi connectivity index (χ1v) is 6.38. The molecule has 1 unspecified atom stereocenters. The topological polar surface area (TPSA) is 113 Å². The number of rotatable bonds is 8. The van der Waals surface area contributed by atoms with Gasteiger partial charge in [-0.3, -0.25) is 9.89 Å². The van der Waals surface area contributed by atoms with Crippen LogP contribution < -0.4 is 11.1 Å². The lowest BCUT2D eigenvalue weighted by Gasteiger charge is -2.09. The largest absolute Gasteiger partial charge is 0.395 e. The molecular weight excluding hydrogens is 248 g/mol. The molecule has 0 saturated carbocycles. The molecule has 19 heavy (non-hydrogen) atoms. The lowest BCUT2D eigenvalue weighted by molar-refractivity contribution is 0.0587. The third-order valence-corrected chi connectivity index (χ3v) is 2.72. The second-order valence-electron chi connectivity index (χ2n) is 4.37. The van der Waals surface area contributed by atoms with E-state index in [1.165, 1.54) is 7.11 Å². The number of nitrogen functional groups attached to an aromatic ring is 1. The van der Waals surface area contributed by atoms with Crippen molar-refractivity contribution < 1.29 is 14.6 Å². The van der Waals surface area contributed by atoms with E-state index < -0.39 is 6.10 Å². The minimum absolute atomic E-state index is 0.213. The Morgan fingerprint density at radius 3 is 3.00 bits per heavy atom. The molecule has 0 aliphatic rings. The normalized spacial score (nSPS) is 12.4. The summed E-state index contributed by atoms with van der Waals surface area (Å²) in [5, 5.41) is 18.8. The Hall–Kier alpha value is -1.60. The minimum Gasteiger partial charge on any atom is -0.395 e. The molecule has 1 atom stereocenters. The van der Waals surface area contributed by atoms with Crippen molar-refractivity contribution in [3.05, 3.63) is 11.4 Å². The van der Waals surface area contributed by atoms with E-state index in [2.05, 4.69) is 15.5 Å². The molecule has 1 aromatic heterocycles. The summed E-state index contributed by atoms with van der Waals surface area (Å²) in [5.41, 5.74) is 7.24. The number of carbonyl (C=O) groups is 1. The number of aliphatic hydroxyl groups is 1. The van der Waals surface area contributed by atoms with Crippen LogP contribution in [-0.4, -0.2) is 47.6 Å². The first-order valence-electron chi connectivity index (χ1n) is 6.38. The van der Waals surface area contributed by atoms with E-state index in [0.29, 0.717) is 18.7 Å². The highest BCUT2D eigenvalue weighted by molar-refractivity contribution is 5.97. The third-order valence-electron chi connectivity index (χ3n) is 2.72. The van der Waals surface area contributed by atoms with E-state index in [1.807, 2.05) is 6.92 Å². The van der Waals surface area contributed by atoms with Crippen LogP contribution in [0.2, 0.25) is 0 Å². The van der Waals surface area contributed by atoms with Crippen LogP contribution >= 0.6 is 0 Å². The lowest BCUT2D eigenvalue weighted by atomic mass is 10.2. The Kier molecular flexibility index (Phi) is 6.31. The Labute approximate surface area is 112 Å². The van der Waals surface area contributed by atoms with Gasteiger partial charge in [0.2, 0.25) is 0 Å². The van der Waals surface area contributed by atoms with Crippen LogP contribution in [0.5, 0.6) is 0 Å². The zero-order chi connectivity index (χ0) is 14.3. The Bertz CT molecular complexity index is 406. The molecule has 1 heterocycles. The molecule has 7 nitrogen and oxygen atoms in total. The molecule has 5 N–H and O–H groups in total. The number of aromatic nitrogens is 2. The van der Waals surface area contributed by atoms with Crippen molar-refractivity contribution in [2.45, 2.75) is 32.3 Å². The van der Waals surface area contributed by atoms with Gasteiger partial charge in [-0.1, -0.05) is 13.3 Å². The maximum atomic E-state index is 11.8. The smallest absolute Gasteiger partial charge is 0.273 e. The highest BCUT2D eigenvalue weighted by Gasteiger charge is 2.16. The number of nitrogens with zero attached hydrogens (tertiary/aromatic N) is 1. The number of anilines is 1. The van der Waals surface area contributed by atoms with Gasteiger partial charge in [0.05, 0.1) is 24.1 Å². The van der Waals surface area contributed by atoms with E-state index in [1.54, 1.807) is 0 Å². The molecule has 0 fully saturated rings. The molecule has 0 bridgehead atoms. The maximum absolute atomic E-state index is 11.8. The van der Waals surface area contributed by atoms with Gasteiger partial charge in [-0.05, 0) is 12.8 Å². The first kappa shape index (κ1) is 15.5. The van der Waals surface area contributed by atoms with Gasteiger partial charge in [-0.25, -0.2) is 0 Å². The Morgan fingerprint density at radius 1 is 1.63 bits per heavy atom. The number of aromatic amines is 1. The van der Waals surface area contributed by atoms with Crippen molar-refractivity contribution in [3.63, 3.8) is 0 Å². The van der Waals surface area contributed by atoms with E-state index >= 15 is 0 Å².